The Labute approximate surface area is 77.7 Å². The predicted octanol–water partition coefficient (Wildman–Crippen LogP) is 0.997. The van der Waals surface area contributed by atoms with Gasteiger partial charge in [0.25, 0.3) is 0 Å². The molecule has 0 saturated heterocycles. The van der Waals surface area contributed by atoms with Gasteiger partial charge in [0.05, 0.1) is 0 Å². The molecule has 0 heterocycles. The Hall–Kier alpha value is -1.16. The quantitative estimate of drug-likeness (QED) is 0.809. The average Bonchev–Trinajstić information content (AvgIpc) is 2.03. The summed E-state index contributed by atoms with van der Waals surface area (Å²) >= 11 is -5.12. The summed E-state index contributed by atoms with van der Waals surface area (Å²) in [5.74, 6) is 0.0955. The van der Waals surface area contributed by atoms with Gasteiger partial charge in [0.15, 0.2) is 0 Å². The van der Waals surface area contributed by atoms with Crippen LogP contribution in [0.3, 0.4) is 0 Å². The third kappa shape index (κ3) is 3.38. The molecule has 1 rings (SSSR count). The molecule has 0 atom stereocenters. The zero-order valence-electron chi connectivity index (χ0n) is 6.67. The monoisotopic (exact) mass is 248 g/mol. The van der Waals surface area contributed by atoms with Gasteiger partial charge in [-0.2, -0.15) is 0 Å². The minimum absolute atomic E-state index is 0.0955. The van der Waals surface area contributed by atoms with Crippen molar-refractivity contribution in [3.63, 3.8) is 0 Å². The van der Waals surface area contributed by atoms with Crippen molar-refractivity contribution >= 4 is 19.4 Å². The van der Waals surface area contributed by atoms with Gasteiger partial charge in [-0.15, -0.1) is 0 Å². The van der Waals surface area contributed by atoms with E-state index in [2.05, 4.69) is 10.4 Å². The maximum atomic E-state index is 10.3. The van der Waals surface area contributed by atoms with Gasteiger partial charge in [-0.1, -0.05) is 0 Å². The summed E-state index contributed by atoms with van der Waals surface area (Å²) in [6.07, 6.45) is 1.61. The third-order valence-corrected chi connectivity index (χ3v) is 2.16. The molecule has 4 nitrogen and oxygen atoms in total. The van der Waals surface area contributed by atoms with Gasteiger partial charge < -0.3 is 0 Å². The van der Waals surface area contributed by atoms with E-state index < -0.39 is 13.4 Å². The van der Waals surface area contributed by atoms with Crippen molar-refractivity contribution in [2.24, 2.45) is 0 Å². The molecular weight excluding hydrogens is 239 g/mol. The molecule has 0 aliphatic heterocycles. The fourth-order valence-electron chi connectivity index (χ4n) is 0.781. The molecule has 13 heavy (non-hydrogen) atoms. The van der Waals surface area contributed by atoms with Gasteiger partial charge in [-0.25, -0.2) is 0 Å². The Morgan fingerprint density at radius 2 is 1.85 bits per heavy atom. The van der Waals surface area contributed by atoms with Gasteiger partial charge in [-0.3, -0.25) is 0 Å². The molecule has 0 spiro atoms. The number of benzene rings is 1. The van der Waals surface area contributed by atoms with Crippen LogP contribution < -0.4 is 3.82 Å². The Balaban J connectivity index is 2.87. The average molecular weight is 247 g/mol. The Morgan fingerprint density at radius 1 is 1.31 bits per heavy atom. The van der Waals surface area contributed by atoms with Gasteiger partial charge in [0.1, 0.15) is 0 Å². The Bertz CT molecular complexity index is 391. The number of rotatable bonds is 3. The normalized spacial score (nSPS) is 10.8. The zero-order chi connectivity index (χ0) is 9.90. The van der Waals surface area contributed by atoms with Crippen LogP contribution in [-0.4, -0.2) is 17.6 Å². The van der Waals surface area contributed by atoms with E-state index in [1.165, 1.54) is 12.1 Å². The van der Waals surface area contributed by atoms with Crippen LogP contribution in [0.15, 0.2) is 30.8 Å². The van der Waals surface area contributed by atoms with Crippen LogP contribution in [0.1, 0.15) is 5.56 Å². The fourth-order valence-corrected chi connectivity index (χ4v) is 1.52. The van der Waals surface area contributed by atoms with E-state index in [0.717, 1.165) is 5.56 Å². The molecule has 0 aromatic heterocycles. The van der Waals surface area contributed by atoms with Crippen LogP contribution >= 0.6 is 0 Å². The Morgan fingerprint density at radius 3 is 2.23 bits per heavy atom. The van der Waals surface area contributed by atoms with Gasteiger partial charge in [-0.05, 0) is 0 Å². The molecule has 0 radical (unpaired) electrons. The minimum atomic E-state index is -5.12. The molecule has 5 heteroatoms. The summed E-state index contributed by atoms with van der Waals surface area (Å²) in [6, 6.07) is 6.14. The molecular formula is C8H8O4Se. The first-order chi connectivity index (χ1) is 6.01. The first kappa shape index (κ1) is 9.92. The summed E-state index contributed by atoms with van der Waals surface area (Å²) < 4.78 is 33.4. The summed E-state index contributed by atoms with van der Waals surface area (Å²) in [6.45, 7) is 3.53. The molecule has 0 amide bonds. The molecule has 1 N–H and O–H groups in total. The van der Waals surface area contributed by atoms with E-state index in [9.17, 15) is 7.67 Å². The summed E-state index contributed by atoms with van der Waals surface area (Å²) in [5.41, 5.74) is 0.844. The molecule has 0 aliphatic carbocycles. The molecule has 70 valence electrons. The Kier molecular flexibility index (Phi) is 2.83. The van der Waals surface area contributed by atoms with E-state index in [-0.39, 0.29) is 5.75 Å². The van der Waals surface area contributed by atoms with Crippen LogP contribution in [0.5, 0.6) is 5.75 Å². The van der Waals surface area contributed by atoms with Crippen molar-refractivity contribution < 1.29 is 15.7 Å². The van der Waals surface area contributed by atoms with E-state index in [4.69, 9.17) is 4.19 Å². The molecule has 1 aromatic rings. The van der Waals surface area contributed by atoms with E-state index >= 15 is 0 Å². The van der Waals surface area contributed by atoms with Crippen molar-refractivity contribution in [3.8, 4) is 5.75 Å². The van der Waals surface area contributed by atoms with Gasteiger partial charge in [0, 0.05) is 0 Å². The van der Waals surface area contributed by atoms with Crippen LogP contribution in [0.4, 0.5) is 0 Å². The summed E-state index contributed by atoms with van der Waals surface area (Å²) in [7, 11) is 0. The van der Waals surface area contributed by atoms with Crippen molar-refractivity contribution in [1.82, 2.24) is 0 Å². The zero-order valence-corrected chi connectivity index (χ0v) is 8.39. The SMILES string of the molecule is C=Cc1ccc(O[Se](=O)(=O)O)cc1. The maximum absolute atomic E-state index is 10.3. The molecule has 0 fully saturated rings. The van der Waals surface area contributed by atoms with Gasteiger partial charge >= 0.3 is 77.3 Å². The second kappa shape index (κ2) is 3.70. The van der Waals surface area contributed by atoms with Crippen molar-refractivity contribution in [2.75, 3.05) is 0 Å². The van der Waals surface area contributed by atoms with Crippen LogP contribution in [0.2, 0.25) is 0 Å². The van der Waals surface area contributed by atoms with Crippen LogP contribution in [0, 0.1) is 0 Å². The molecule has 0 unspecified atom stereocenters. The van der Waals surface area contributed by atoms with Crippen LogP contribution in [0.25, 0.3) is 6.08 Å². The molecule has 0 bridgehead atoms. The van der Waals surface area contributed by atoms with Gasteiger partial charge in [0.2, 0.25) is 0 Å². The second-order valence-corrected chi connectivity index (χ2v) is 4.43. The number of hydrogen-bond donors (Lipinski definition) is 1. The predicted molar refractivity (Wildman–Crippen MR) is 46.5 cm³/mol. The summed E-state index contributed by atoms with van der Waals surface area (Å²) in [5, 5.41) is 0. The number of hydrogen-bond acceptors (Lipinski definition) is 3. The van der Waals surface area contributed by atoms with Crippen molar-refractivity contribution in [3.05, 3.63) is 36.4 Å². The van der Waals surface area contributed by atoms with E-state index in [1.54, 1.807) is 18.2 Å². The first-order valence-corrected chi connectivity index (χ1v) is 6.27. The fraction of sp³-hybridized carbons (Fsp3) is 0. The second-order valence-electron chi connectivity index (χ2n) is 2.28. The topological polar surface area (TPSA) is 63.6 Å². The van der Waals surface area contributed by atoms with E-state index in [0.29, 0.717) is 0 Å². The molecule has 1 aromatic carbocycles. The van der Waals surface area contributed by atoms with Crippen molar-refractivity contribution in [1.29, 1.82) is 0 Å². The molecule has 0 aliphatic rings. The molecule has 0 saturated carbocycles. The standard InChI is InChI=1S/C8H8O4Se/c1-2-7-3-5-8(6-4-7)12-13(9,10)11/h2-6H,1H2,(H,9,10,11). The third-order valence-electron chi connectivity index (χ3n) is 1.32. The van der Waals surface area contributed by atoms with E-state index in [1.807, 2.05) is 0 Å². The first-order valence-electron chi connectivity index (χ1n) is 3.40. The van der Waals surface area contributed by atoms with Crippen molar-refractivity contribution in [2.45, 2.75) is 0 Å². The summed E-state index contributed by atoms with van der Waals surface area (Å²) in [4.78, 5) is 0. The van der Waals surface area contributed by atoms with Crippen LogP contribution in [-0.2, 0) is 7.67 Å².